The Morgan fingerprint density at radius 2 is 1.79 bits per heavy atom. The smallest absolute Gasteiger partial charge is 0.254 e. The normalized spacial score (nSPS) is 12.3. The third-order valence-corrected chi connectivity index (χ3v) is 3.05. The molecule has 24 heavy (non-hydrogen) atoms. The number of nitrogens with zero attached hydrogens (tertiary/aromatic N) is 1. The molecule has 0 radical (unpaired) electrons. The van der Waals surface area contributed by atoms with Crippen LogP contribution in [0.3, 0.4) is 0 Å². The molecular weight excluding hydrogens is 316 g/mol. The first-order valence-electron chi connectivity index (χ1n) is 8.44. The van der Waals surface area contributed by atoms with Crippen molar-refractivity contribution in [1.82, 2.24) is 4.90 Å². The predicted octanol–water partition coefficient (Wildman–Crippen LogP) is 5.25. The van der Waals surface area contributed by atoms with Crippen molar-refractivity contribution in [2.45, 2.75) is 54.0 Å². The minimum Gasteiger partial charge on any atom is -0.327 e. The molecule has 2 N–H and O–H groups in total. The van der Waals surface area contributed by atoms with Crippen molar-refractivity contribution in [2.24, 2.45) is 5.73 Å². The Bertz CT molecular complexity index is 437. The number of nitrogens with two attached hydrogens (primary N) is 1. The van der Waals surface area contributed by atoms with E-state index < -0.39 is 0 Å². The molecule has 1 amide bonds. The second-order valence-corrected chi connectivity index (χ2v) is 4.70. The molecule has 0 aromatic carbocycles. The predicted molar refractivity (Wildman–Crippen MR) is 113 cm³/mol. The van der Waals surface area contributed by atoms with E-state index >= 15 is 0 Å². The number of hydrogen-bond acceptors (Lipinski definition) is 3. The lowest BCUT2D eigenvalue weighted by Gasteiger charge is -2.18. The maximum absolute atomic E-state index is 12.2. The summed E-state index contributed by atoms with van der Waals surface area (Å²) < 4.78 is 0. The van der Waals surface area contributed by atoms with Gasteiger partial charge < -0.3 is 5.73 Å². The molecular formula is C20H36N2OS. The molecule has 0 fully saturated rings. The van der Waals surface area contributed by atoms with E-state index in [0.717, 1.165) is 11.3 Å². The highest BCUT2D eigenvalue weighted by molar-refractivity contribution is 7.80. The van der Waals surface area contributed by atoms with Gasteiger partial charge in [-0.2, -0.15) is 12.6 Å². The van der Waals surface area contributed by atoms with E-state index in [1.54, 1.807) is 24.3 Å². The number of hydrogen-bond donors (Lipinski definition) is 2. The van der Waals surface area contributed by atoms with Crippen molar-refractivity contribution in [2.75, 3.05) is 5.75 Å². The van der Waals surface area contributed by atoms with Crippen LogP contribution < -0.4 is 5.73 Å². The van der Waals surface area contributed by atoms with Crippen molar-refractivity contribution in [3.05, 3.63) is 61.0 Å². The topological polar surface area (TPSA) is 46.3 Å². The highest BCUT2D eigenvalue weighted by Gasteiger charge is 2.11. The number of carbonyl (C=O) groups excluding carboxylic acids is 1. The van der Waals surface area contributed by atoms with Gasteiger partial charge in [0.1, 0.15) is 0 Å². The van der Waals surface area contributed by atoms with Crippen LogP contribution in [0.4, 0.5) is 0 Å². The summed E-state index contributed by atoms with van der Waals surface area (Å²) in [4.78, 5) is 13.7. The van der Waals surface area contributed by atoms with Crippen molar-refractivity contribution in [3.8, 4) is 0 Å². The molecule has 0 aromatic heterocycles. The Hall–Kier alpha value is -1.52. The molecule has 0 aliphatic carbocycles. The van der Waals surface area contributed by atoms with Gasteiger partial charge in [-0.15, -0.1) is 0 Å². The standard InChI is InChI=1S/C16H24N2OS.2C2H6/c1-5-8-9-15(6-2)18(7-3)16(19)11-13(4)10-14(17)12-20;2*1-2/h5-9,11,14,20H,1,3,10,12,17H2,2,4H3;2*1-2H3/b9-8-,13-11+,15-6+;;. The van der Waals surface area contributed by atoms with Gasteiger partial charge in [0.2, 0.25) is 0 Å². The van der Waals surface area contributed by atoms with E-state index in [1.165, 1.54) is 11.1 Å². The summed E-state index contributed by atoms with van der Waals surface area (Å²) in [5.41, 5.74) is 7.48. The Morgan fingerprint density at radius 3 is 2.17 bits per heavy atom. The average Bonchev–Trinajstić information content (AvgIpc) is 2.61. The van der Waals surface area contributed by atoms with Gasteiger partial charge in [-0.3, -0.25) is 9.69 Å². The van der Waals surface area contributed by atoms with Crippen LogP contribution in [0.25, 0.3) is 0 Å². The van der Waals surface area contributed by atoms with Gasteiger partial charge in [-0.05, 0) is 26.3 Å². The van der Waals surface area contributed by atoms with Gasteiger partial charge in [0.15, 0.2) is 0 Å². The van der Waals surface area contributed by atoms with Crippen LogP contribution in [0.5, 0.6) is 0 Å². The molecule has 0 aliphatic heterocycles. The number of rotatable bonds is 8. The van der Waals surface area contributed by atoms with Crippen molar-refractivity contribution >= 4 is 18.5 Å². The van der Waals surface area contributed by atoms with Crippen LogP contribution in [-0.2, 0) is 4.79 Å². The van der Waals surface area contributed by atoms with Gasteiger partial charge in [-0.25, -0.2) is 0 Å². The average molecular weight is 353 g/mol. The summed E-state index contributed by atoms with van der Waals surface area (Å²) in [6.45, 7) is 19.0. The Kier molecular flexibility index (Phi) is 22.2. The van der Waals surface area contributed by atoms with Gasteiger partial charge in [-0.1, -0.05) is 64.7 Å². The zero-order chi connectivity index (χ0) is 19.5. The SMILES string of the molecule is C=C/C=C\C(=C/C)N(C=C)C(=O)/C=C(\C)CC(N)CS.CC.CC. The third-order valence-electron chi connectivity index (χ3n) is 2.59. The minimum absolute atomic E-state index is 0.0404. The first kappa shape index (κ1) is 27.3. The maximum Gasteiger partial charge on any atom is 0.254 e. The van der Waals surface area contributed by atoms with E-state index in [4.69, 9.17) is 5.73 Å². The fourth-order valence-electron chi connectivity index (χ4n) is 1.62. The number of allylic oxidation sites excluding steroid dienone is 4. The third kappa shape index (κ3) is 13.0. The molecule has 1 atom stereocenters. The van der Waals surface area contributed by atoms with E-state index in [0.29, 0.717) is 12.2 Å². The molecule has 3 nitrogen and oxygen atoms in total. The lowest BCUT2D eigenvalue weighted by molar-refractivity contribution is -0.122. The monoisotopic (exact) mass is 352 g/mol. The van der Waals surface area contributed by atoms with Crippen LogP contribution in [-0.4, -0.2) is 22.6 Å². The molecule has 0 saturated heterocycles. The molecule has 4 heteroatoms. The maximum atomic E-state index is 12.2. The summed E-state index contributed by atoms with van der Waals surface area (Å²) in [6.07, 6.45) is 10.8. The molecule has 0 aliphatic rings. The van der Waals surface area contributed by atoms with E-state index in [1.807, 2.05) is 47.6 Å². The first-order valence-corrected chi connectivity index (χ1v) is 9.08. The largest absolute Gasteiger partial charge is 0.327 e. The van der Waals surface area contributed by atoms with Gasteiger partial charge in [0.25, 0.3) is 5.91 Å². The molecule has 0 saturated carbocycles. The fourth-order valence-corrected chi connectivity index (χ4v) is 1.75. The van der Waals surface area contributed by atoms with Crippen molar-refractivity contribution < 1.29 is 4.79 Å². The molecule has 0 rings (SSSR count). The van der Waals surface area contributed by atoms with Crippen LogP contribution in [0.2, 0.25) is 0 Å². The van der Waals surface area contributed by atoms with Crippen molar-refractivity contribution in [1.29, 1.82) is 0 Å². The summed E-state index contributed by atoms with van der Waals surface area (Å²) >= 11 is 4.13. The molecule has 0 bridgehead atoms. The molecule has 138 valence electrons. The Balaban J connectivity index is -0.00000102. The zero-order valence-electron chi connectivity index (χ0n) is 16.2. The van der Waals surface area contributed by atoms with E-state index in [9.17, 15) is 4.79 Å². The van der Waals surface area contributed by atoms with Crippen LogP contribution >= 0.6 is 12.6 Å². The highest BCUT2D eigenvalue weighted by Crippen LogP contribution is 2.11. The van der Waals surface area contributed by atoms with Gasteiger partial charge in [0, 0.05) is 29.8 Å². The quantitative estimate of drug-likeness (QED) is 0.356. The molecule has 0 spiro atoms. The zero-order valence-corrected chi connectivity index (χ0v) is 17.1. The number of thiol groups is 1. The fraction of sp³-hybridized carbons (Fsp3) is 0.450. The summed E-state index contributed by atoms with van der Waals surface area (Å²) in [7, 11) is 0. The van der Waals surface area contributed by atoms with E-state index in [-0.39, 0.29) is 11.9 Å². The first-order chi connectivity index (χ1) is 11.5. The minimum atomic E-state index is -0.148. The van der Waals surface area contributed by atoms with Crippen LogP contribution in [0.1, 0.15) is 48.0 Å². The Morgan fingerprint density at radius 1 is 1.25 bits per heavy atom. The second-order valence-electron chi connectivity index (χ2n) is 4.34. The Labute approximate surface area is 155 Å². The summed E-state index contributed by atoms with van der Waals surface area (Å²) in [6, 6.07) is -0.0404. The summed E-state index contributed by atoms with van der Waals surface area (Å²) in [5, 5.41) is 0. The van der Waals surface area contributed by atoms with Crippen molar-refractivity contribution in [3.63, 3.8) is 0 Å². The number of carbonyl (C=O) groups is 1. The van der Waals surface area contributed by atoms with Crippen LogP contribution in [0.15, 0.2) is 61.0 Å². The van der Waals surface area contributed by atoms with Gasteiger partial charge in [0.05, 0.1) is 0 Å². The molecule has 0 heterocycles. The summed E-state index contributed by atoms with van der Waals surface area (Å²) in [5.74, 6) is 0.442. The number of amides is 1. The lowest BCUT2D eigenvalue weighted by atomic mass is 10.1. The van der Waals surface area contributed by atoms with Crippen LogP contribution in [0, 0.1) is 0 Å². The molecule has 0 aromatic rings. The highest BCUT2D eigenvalue weighted by atomic mass is 32.1. The lowest BCUT2D eigenvalue weighted by Crippen LogP contribution is -2.24. The molecule has 1 unspecified atom stereocenters. The van der Waals surface area contributed by atoms with Gasteiger partial charge >= 0.3 is 0 Å². The van der Waals surface area contributed by atoms with E-state index in [2.05, 4.69) is 25.8 Å². The second kappa shape index (κ2) is 19.5.